The van der Waals surface area contributed by atoms with Crippen LogP contribution in [-0.4, -0.2) is 45.2 Å². The summed E-state index contributed by atoms with van der Waals surface area (Å²) in [7, 11) is 0. The van der Waals surface area contributed by atoms with Crippen LogP contribution >= 0.6 is 23.2 Å². The summed E-state index contributed by atoms with van der Waals surface area (Å²) in [6, 6.07) is 16.6. The molecule has 0 saturated carbocycles. The number of likely N-dealkylation sites (tertiary alicyclic amines) is 1. The Morgan fingerprint density at radius 1 is 0.806 bits per heavy atom. The van der Waals surface area contributed by atoms with Gasteiger partial charge in [-0.1, -0.05) is 41.4 Å². The van der Waals surface area contributed by atoms with E-state index in [1.54, 1.807) is 53.1 Å². The summed E-state index contributed by atoms with van der Waals surface area (Å²) >= 11 is 12.7. The Morgan fingerprint density at radius 2 is 1.44 bits per heavy atom. The molecule has 1 saturated heterocycles. The summed E-state index contributed by atoms with van der Waals surface area (Å²) in [5.74, 6) is -1.48. The Hall–Kier alpha value is -3.61. The monoisotopic (exact) mass is 520 g/mol. The molecule has 8 heteroatoms. The second-order valence-electron chi connectivity index (χ2n) is 8.78. The Labute approximate surface area is 217 Å². The first kappa shape index (κ1) is 24.1. The third kappa shape index (κ3) is 4.38. The molecule has 182 valence electrons. The predicted molar refractivity (Wildman–Crippen MR) is 139 cm³/mol. The molecule has 0 spiro atoms. The number of ketones is 1. The van der Waals surface area contributed by atoms with E-state index in [1.165, 1.54) is 12.1 Å². The van der Waals surface area contributed by atoms with Crippen molar-refractivity contribution in [2.75, 3.05) is 13.1 Å². The number of aromatic nitrogens is 1. The molecule has 0 aliphatic carbocycles. The number of carboxylic acids is 1. The van der Waals surface area contributed by atoms with Crippen molar-refractivity contribution in [2.24, 2.45) is 0 Å². The van der Waals surface area contributed by atoms with E-state index in [4.69, 9.17) is 23.2 Å². The van der Waals surface area contributed by atoms with Crippen LogP contribution < -0.4 is 0 Å². The summed E-state index contributed by atoms with van der Waals surface area (Å²) in [6.45, 7) is 1.43. The van der Waals surface area contributed by atoms with Gasteiger partial charge in [0, 0.05) is 24.8 Å². The minimum Gasteiger partial charge on any atom is -0.478 e. The highest BCUT2D eigenvalue weighted by Gasteiger charge is 2.24. The molecule has 3 heterocycles. The van der Waals surface area contributed by atoms with Crippen molar-refractivity contribution in [3.63, 3.8) is 0 Å². The lowest BCUT2D eigenvalue weighted by molar-refractivity contribution is 0.0694. The zero-order valence-electron chi connectivity index (χ0n) is 19.2. The molecule has 5 rings (SSSR count). The number of hydrogen-bond donors (Lipinski definition) is 1. The van der Waals surface area contributed by atoms with Crippen LogP contribution in [0.3, 0.4) is 0 Å². The molecule has 6 nitrogen and oxygen atoms in total. The fourth-order valence-electron chi connectivity index (χ4n) is 4.65. The highest BCUT2D eigenvalue weighted by atomic mass is 35.5. The van der Waals surface area contributed by atoms with E-state index in [0.717, 1.165) is 30.4 Å². The van der Waals surface area contributed by atoms with E-state index in [0.29, 0.717) is 29.9 Å². The van der Waals surface area contributed by atoms with E-state index >= 15 is 0 Å². The van der Waals surface area contributed by atoms with Gasteiger partial charge in [-0.05, 0) is 67.3 Å². The lowest BCUT2D eigenvalue weighted by Crippen LogP contribution is -2.35. The number of pyridine rings is 1. The maximum Gasteiger partial charge on any atom is 0.335 e. The van der Waals surface area contributed by atoms with Crippen molar-refractivity contribution >= 4 is 46.4 Å². The maximum absolute atomic E-state index is 13.7. The van der Waals surface area contributed by atoms with Crippen molar-refractivity contribution in [1.29, 1.82) is 0 Å². The van der Waals surface area contributed by atoms with E-state index in [-0.39, 0.29) is 32.9 Å². The first-order chi connectivity index (χ1) is 17.3. The number of benzene rings is 2. The average molecular weight is 521 g/mol. The Bertz CT molecular complexity index is 1480. The number of hydrogen-bond acceptors (Lipinski definition) is 3. The van der Waals surface area contributed by atoms with Crippen LogP contribution in [0, 0.1) is 0 Å². The smallest absolute Gasteiger partial charge is 0.335 e. The molecular weight excluding hydrogens is 499 g/mol. The van der Waals surface area contributed by atoms with Gasteiger partial charge in [-0.3, -0.25) is 9.59 Å². The molecule has 1 amide bonds. The second-order valence-corrected chi connectivity index (χ2v) is 9.59. The normalized spacial score (nSPS) is 13.7. The molecule has 0 radical (unpaired) electrons. The third-order valence-electron chi connectivity index (χ3n) is 6.52. The van der Waals surface area contributed by atoms with Crippen molar-refractivity contribution in [3.05, 3.63) is 99.3 Å². The summed E-state index contributed by atoms with van der Waals surface area (Å²) in [5.41, 5.74) is 3.27. The molecular formula is C28H22Cl2N2O4. The fraction of sp³-hybridized carbons (Fsp3) is 0.179. The van der Waals surface area contributed by atoms with Gasteiger partial charge < -0.3 is 14.4 Å². The summed E-state index contributed by atoms with van der Waals surface area (Å²) in [4.78, 5) is 40.1. The number of halogens is 2. The fourth-order valence-corrected chi connectivity index (χ4v) is 5.22. The lowest BCUT2D eigenvalue weighted by Gasteiger charge is -2.26. The number of carboxylic acid groups (broad SMARTS) is 1. The lowest BCUT2D eigenvalue weighted by atomic mass is 10.0. The standard InChI is InChI=1S/C28H22Cl2N2O4/c29-21-5-4-6-22(30)25(21)26(33)24-15-20(17-7-9-18(10-8-17)28(35)36)23-12-11-19(16-32(23)24)27(34)31-13-2-1-3-14-31/h4-12,15-16H,1-3,13-14H2,(H,35,36). The molecule has 0 atom stereocenters. The molecule has 2 aromatic carbocycles. The SMILES string of the molecule is O=C(O)c1ccc(-c2cc(C(=O)c3c(Cl)cccc3Cl)n3cc(C(=O)N4CCCCC4)ccc23)cc1. The topological polar surface area (TPSA) is 79.1 Å². The van der Waals surface area contributed by atoms with E-state index in [2.05, 4.69) is 0 Å². The van der Waals surface area contributed by atoms with Crippen LogP contribution in [0.4, 0.5) is 0 Å². The van der Waals surface area contributed by atoms with E-state index in [1.807, 2.05) is 11.0 Å². The molecule has 1 aliphatic heterocycles. The second kappa shape index (κ2) is 9.80. The molecule has 1 aliphatic rings. The minimum atomic E-state index is -1.02. The number of amides is 1. The Kier molecular flexibility index (Phi) is 6.56. The summed E-state index contributed by atoms with van der Waals surface area (Å²) in [5, 5.41) is 9.72. The van der Waals surface area contributed by atoms with Crippen LogP contribution in [0.2, 0.25) is 10.0 Å². The van der Waals surface area contributed by atoms with Crippen LogP contribution in [-0.2, 0) is 0 Å². The van der Waals surface area contributed by atoms with Crippen molar-refractivity contribution in [1.82, 2.24) is 9.30 Å². The van der Waals surface area contributed by atoms with Gasteiger partial charge in [0.15, 0.2) is 0 Å². The van der Waals surface area contributed by atoms with Crippen LogP contribution in [0.15, 0.2) is 66.9 Å². The summed E-state index contributed by atoms with van der Waals surface area (Å²) in [6.07, 6.45) is 4.74. The van der Waals surface area contributed by atoms with Gasteiger partial charge in [-0.25, -0.2) is 4.79 Å². The molecule has 0 bridgehead atoms. The van der Waals surface area contributed by atoms with Crippen molar-refractivity contribution in [3.8, 4) is 11.1 Å². The minimum absolute atomic E-state index is 0.0770. The number of piperidine rings is 1. The van der Waals surface area contributed by atoms with Gasteiger partial charge in [0.05, 0.1) is 37.9 Å². The van der Waals surface area contributed by atoms with E-state index < -0.39 is 5.97 Å². The van der Waals surface area contributed by atoms with Crippen LogP contribution in [0.1, 0.15) is 56.0 Å². The first-order valence-corrected chi connectivity index (χ1v) is 12.4. The zero-order valence-corrected chi connectivity index (χ0v) is 20.7. The first-order valence-electron chi connectivity index (χ1n) is 11.6. The predicted octanol–water partition coefficient (Wildman–Crippen LogP) is 6.47. The van der Waals surface area contributed by atoms with Gasteiger partial charge in [-0.15, -0.1) is 0 Å². The molecule has 1 fully saturated rings. The van der Waals surface area contributed by atoms with Gasteiger partial charge in [0.25, 0.3) is 5.91 Å². The highest BCUT2D eigenvalue weighted by molar-refractivity contribution is 6.41. The number of carbonyl (C=O) groups excluding carboxylic acids is 2. The largest absolute Gasteiger partial charge is 0.478 e. The van der Waals surface area contributed by atoms with E-state index in [9.17, 15) is 19.5 Å². The molecule has 0 unspecified atom stereocenters. The summed E-state index contributed by atoms with van der Waals surface area (Å²) < 4.78 is 1.69. The number of rotatable bonds is 5. The van der Waals surface area contributed by atoms with Gasteiger partial charge in [0.2, 0.25) is 5.78 Å². The Morgan fingerprint density at radius 3 is 2.08 bits per heavy atom. The Balaban J connectivity index is 1.67. The molecule has 1 N–H and O–H groups in total. The van der Waals surface area contributed by atoms with Gasteiger partial charge >= 0.3 is 5.97 Å². The molecule has 36 heavy (non-hydrogen) atoms. The highest BCUT2D eigenvalue weighted by Crippen LogP contribution is 2.33. The number of nitrogens with zero attached hydrogens (tertiary/aromatic N) is 2. The van der Waals surface area contributed by atoms with Crippen LogP contribution in [0.5, 0.6) is 0 Å². The number of aromatic carboxylic acids is 1. The quantitative estimate of drug-likeness (QED) is 0.306. The van der Waals surface area contributed by atoms with Gasteiger partial charge in [0.1, 0.15) is 0 Å². The van der Waals surface area contributed by atoms with Crippen LogP contribution in [0.25, 0.3) is 16.6 Å². The third-order valence-corrected chi connectivity index (χ3v) is 7.15. The van der Waals surface area contributed by atoms with Crippen molar-refractivity contribution < 1.29 is 19.5 Å². The molecule has 2 aromatic heterocycles. The zero-order chi connectivity index (χ0) is 25.4. The average Bonchev–Trinajstić information content (AvgIpc) is 3.27. The van der Waals surface area contributed by atoms with Crippen molar-refractivity contribution in [2.45, 2.75) is 19.3 Å². The number of carbonyl (C=O) groups is 3. The van der Waals surface area contributed by atoms with Gasteiger partial charge in [-0.2, -0.15) is 0 Å². The molecule has 4 aromatic rings. The maximum atomic E-state index is 13.7. The number of fused-ring (bicyclic) bond motifs is 1.